The zero-order valence-electron chi connectivity index (χ0n) is 9.87. The summed E-state index contributed by atoms with van der Waals surface area (Å²) in [6.45, 7) is 5.22. The zero-order valence-corrected chi connectivity index (χ0v) is 13.1. The van der Waals surface area contributed by atoms with E-state index in [1.165, 1.54) is 19.2 Å². The number of aryl methyl sites for hydroxylation is 1. The van der Waals surface area contributed by atoms with E-state index in [0.717, 1.165) is 13.0 Å². The van der Waals surface area contributed by atoms with E-state index in [1.54, 1.807) is 22.7 Å². The summed E-state index contributed by atoms with van der Waals surface area (Å²) < 4.78 is 1.18. The second-order valence-electron chi connectivity index (χ2n) is 3.88. The van der Waals surface area contributed by atoms with Gasteiger partial charge in [0.05, 0.1) is 9.83 Å². The Labute approximate surface area is 118 Å². The van der Waals surface area contributed by atoms with Crippen LogP contribution in [0.25, 0.3) is 0 Å². The summed E-state index contributed by atoms with van der Waals surface area (Å²) in [5, 5.41) is 6.85. The molecule has 0 amide bonds. The molecule has 0 saturated carbocycles. The van der Waals surface area contributed by atoms with E-state index in [1.807, 2.05) is 6.20 Å². The van der Waals surface area contributed by atoms with Gasteiger partial charge >= 0.3 is 0 Å². The van der Waals surface area contributed by atoms with Crippen molar-refractivity contribution in [2.45, 2.75) is 32.9 Å². The molecule has 0 aliphatic rings. The summed E-state index contributed by atoms with van der Waals surface area (Å²) in [5.41, 5.74) is 1.32. The molecule has 0 fully saturated rings. The van der Waals surface area contributed by atoms with Gasteiger partial charge in [0.25, 0.3) is 0 Å². The smallest absolute Gasteiger partial charge is 0.109 e. The van der Waals surface area contributed by atoms with E-state index in [0.29, 0.717) is 6.04 Å². The van der Waals surface area contributed by atoms with Gasteiger partial charge in [-0.25, -0.2) is 4.98 Å². The minimum absolute atomic E-state index is 0.318. The number of nitrogens with zero attached hydrogens (tertiary/aromatic N) is 1. The molecule has 5 heteroatoms. The van der Waals surface area contributed by atoms with Gasteiger partial charge in [0.15, 0.2) is 0 Å². The molecule has 0 aliphatic heterocycles. The van der Waals surface area contributed by atoms with Gasteiger partial charge in [0.1, 0.15) is 5.01 Å². The standard InChI is InChI=1S/C12H15BrN2S2/c1-3-10-6-15-12(17-10)8(2)14-5-9-4-11(13)16-7-9/h4,6-8,14H,3,5H2,1-2H3. The van der Waals surface area contributed by atoms with Crippen molar-refractivity contribution in [2.24, 2.45) is 0 Å². The predicted octanol–water partition coefficient (Wildman–Crippen LogP) is 4.38. The van der Waals surface area contributed by atoms with Crippen LogP contribution in [0.1, 0.15) is 35.3 Å². The average molecular weight is 331 g/mol. The number of thiophene rings is 1. The summed E-state index contributed by atoms with van der Waals surface area (Å²) in [6.07, 6.45) is 3.06. The molecule has 1 unspecified atom stereocenters. The van der Waals surface area contributed by atoms with Crippen LogP contribution < -0.4 is 5.32 Å². The lowest BCUT2D eigenvalue weighted by molar-refractivity contribution is 0.572. The fourth-order valence-electron chi connectivity index (χ4n) is 1.48. The van der Waals surface area contributed by atoms with Gasteiger partial charge in [-0.3, -0.25) is 0 Å². The van der Waals surface area contributed by atoms with Gasteiger partial charge in [-0.15, -0.1) is 22.7 Å². The van der Waals surface area contributed by atoms with E-state index in [9.17, 15) is 0 Å². The maximum atomic E-state index is 4.45. The maximum Gasteiger partial charge on any atom is 0.109 e. The minimum Gasteiger partial charge on any atom is -0.304 e. The molecule has 0 aromatic carbocycles. The fraction of sp³-hybridized carbons (Fsp3) is 0.417. The van der Waals surface area contributed by atoms with Crippen molar-refractivity contribution in [3.05, 3.63) is 36.9 Å². The third kappa shape index (κ3) is 3.61. The van der Waals surface area contributed by atoms with Crippen LogP contribution in [0.4, 0.5) is 0 Å². The Morgan fingerprint density at radius 3 is 2.94 bits per heavy atom. The highest BCUT2D eigenvalue weighted by molar-refractivity contribution is 9.11. The molecule has 2 heterocycles. The number of halogens is 1. The van der Waals surface area contributed by atoms with Crippen molar-refractivity contribution in [3.63, 3.8) is 0 Å². The Hall–Kier alpha value is -0.230. The summed E-state index contributed by atoms with van der Waals surface area (Å²) in [6, 6.07) is 2.47. The quantitative estimate of drug-likeness (QED) is 0.879. The first-order chi connectivity index (χ1) is 8.19. The van der Waals surface area contributed by atoms with Crippen molar-refractivity contribution >= 4 is 38.6 Å². The van der Waals surface area contributed by atoms with Gasteiger partial charge in [-0.2, -0.15) is 0 Å². The summed E-state index contributed by atoms with van der Waals surface area (Å²) in [7, 11) is 0. The highest BCUT2D eigenvalue weighted by atomic mass is 79.9. The normalized spacial score (nSPS) is 12.9. The van der Waals surface area contributed by atoms with Crippen LogP contribution in [0, 0.1) is 0 Å². The van der Waals surface area contributed by atoms with Crippen LogP contribution in [0.3, 0.4) is 0 Å². The summed E-state index contributed by atoms with van der Waals surface area (Å²) >= 11 is 7.00. The third-order valence-electron chi connectivity index (χ3n) is 2.52. The molecule has 1 atom stereocenters. The number of aromatic nitrogens is 1. The Morgan fingerprint density at radius 2 is 2.35 bits per heavy atom. The number of thiazole rings is 1. The molecule has 92 valence electrons. The summed E-state index contributed by atoms with van der Waals surface area (Å²) in [5.74, 6) is 0. The zero-order chi connectivity index (χ0) is 12.3. The van der Waals surface area contributed by atoms with Gasteiger partial charge in [0.2, 0.25) is 0 Å². The number of nitrogens with one attached hydrogen (secondary N) is 1. The van der Waals surface area contributed by atoms with Crippen molar-refractivity contribution in [3.8, 4) is 0 Å². The molecule has 2 aromatic rings. The Kier molecular flexibility index (Phi) is 4.73. The third-order valence-corrected chi connectivity index (χ3v) is 5.40. The lowest BCUT2D eigenvalue weighted by Crippen LogP contribution is -2.17. The van der Waals surface area contributed by atoms with E-state index in [4.69, 9.17) is 0 Å². The van der Waals surface area contributed by atoms with Gasteiger partial charge < -0.3 is 5.32 Å². The van der Waals surface area contributed by atoms with E-state index >= 15 is 0 Å². The van der Waals surface area contributed by atoms with E-state index in [-0.39, 0.29) is 0 Å². The van der Waals surface area contributed by atoms with Gasteiger partial charge in [0, 0.05) is 17.6 Å². The molecule has 2 nitrogen and oxygen atoms in total. The largest absolute Gasteiger partial charge is 0.304 e. The number of hydrogen-bond donors (Lipinski definition) is 1. The molecule has 2 rings (SSSR count). The highest BCUT2D eigenvalue weighted by Crippen LogP contribution is 2.23. The van der Waals surface area contributed by atoms with Crippen LogP contribution >= 0.6 is 38.6 Å². The lowest BCUT2D eigenvalue weighted by atomic mass is 10.3. The molecule has 1 N–H and O–H groups in total. The molecular formula is C12H15BrN2S2. The lowest BCUT2D eigenvalue weighted by Gasteiger charge is -2.09. The topological polar surface area (TPSA) is 24.9 Å². The molecule has 0 aliphatic carbocycles. The Bertz CT molecular complexity index is 478. The molecule has 0 bridgehead atoms. The van der Waals surface area contributed by atoms with Gasteiger partial charge in [-0.1, -0.05) is 6.92 Å². The molecule has 17 heavy (non-hydrogen) atoms. The first kappa shape index (κ1) is 13.2. The van der Waals surface area contributed by atoms with Crippen molar-refractivity contribution in [2.75, 3.05) is 0 Å². The number of hydrogen-bond acceptors (Lipinski definition) is 4. The minimum atomic E-state index is 0.318. The van der Waals surface area contributed by atoms with E-state index < -0.39 is 0 Å². The van der Waals surface area contributed by atoms with Crippen LogP contribution in [0.5, 0.6) is 0 Å². The fourth-order valence-corrected chi connectivity index (χ4v) is 3.58. The number of rotatable bonds is 5. The van der Waals surface area contributed by atoms with Crippen LogP contribution in [-0.2, 0) is 13.0 Å². The first-order valence-electron chi connectivity index (χ1n) is 5.60. The van der Waals surface area contributed by atoms with Crippen LogP contribution in [0.2, 0.25) is 0 Å². The van der Waals surface area contributed by atoms with E-state index in [2.05, 4.69) is 51.5 Å². The molecule has 0 spiro atoms. The second kappa shape index (κ2) is 6.09. The van der Waals surface area contributed by atoms with Crippen molar-refractivity contribution in [1.29, 1.82) is 0 Å². The van der Waals surface area contributed by atoms with Crippen molar-refractivity contribution in [1.82, 2.24) is 10.3 Å². The Morgan fingerprint density at radius 1 is 1.53 bits per heavy atom. The molecule has 0 radical (unpaired) electrons. The average Bonchev–Trinajstić information content (AvgIpc) is 2.94. The predicted molar refractivity (Wildman–Crippen MR) is 78.8 cm³/mol. The SMILES string of the molecule is CCc1cnc(C(C)NCc2csc(Br)c2)s1. The molecular weight excluding hydrogens is 316 g/mol. The maximum absolute atomic E-state index is 4.45. The monoisotopic (exact) mass is 330 g/mol. The molecule has 2 aromatic heterocycles. The Balaban J connectivity index is 1.90. The van der Waals surface area contributed by atoms with Crippen LogP contribution in [0.15, 0.2) is 21.4 Å². The highest BCUT2D eigenvalue weighted by Gasteiger charge is 2.09. The molecule has 0 saturated heterocycles. The first-order valence-corrected chi connectivity index (χ1v) is 8.09. The van der Waals surface area contributed by atoms with Crippen LogP contribution in [-0.4, -0.2) is 4.98 Å². The van der Waals surface area contributed by atoms with Gasteiger partial charge in [-0.05, 0) is 46.3 Å². The van der Waals surface area contributed by atoms with Crippen molar-refractivity contribution < 1.29 is 0 Å². The summed E-state index contributed by atoms with van der Waals surface area (Å²) in [4.78, 5) is 5.81. The second-order valence-corrected chi connectivity index (χ2v) is 7.32.